The average Bonchev–Trinajstić information content (AvgIpc) is 3.55. The van der Waals surface area contributed by atoms with E-state index in [1.165, 1.54) is 405 Å². The van der Waals surface area contributed by atoms with E-state index in [1.54, 1.807) is 6.08 Å². The molecule has 0 rings (SSSR count). The lowest BCUT2D eigenvalue weighted by molar-refractivity contribution is -0.143. The zero-order valence-corrected chi connectivity index (χ0v) is 60.7. The van der Waals surface area contributed by atoms with Crippen LogP contribution in [0.4, 0.5) is 0 Å². The minimum Gasteiger partial charge on any atom is -0.466 e. The number of ether oxygens (including phenoxy) is 1. The highest BCUT2D eigenvalue weighted by Gasteiger charge is 2.18. The van der Waals surface area contributed by atoms with Gasteiger partial charge in [-0.1, -0.05) is 423 Å². The Morgan fingerprint density at radius 3 is 0.798 bits per heavy atom. The molecule has 2 unspecified atom stereocenters. The van der Waals surface area contributed by atoms with Gasteiger partial charge in [-0.05, 0) is 57.8 Å². The Morgan fingerprint density at radius 1 is 0.303 bits per heavy atom. The fraction of sp³-hybridized carbons (Fsp3) is 0.928. The van der Waals surface area contributed by atoms with Crippen molar-refractivity contribution in [1.82, 2.24) is 5.32 Å². The highest BCUT2D eigenvalue weighted by Crippen LogP contribution is 2.20. The lowest BCUT2D eigenvalue weighted by Crippen LogP contribution is -2.45. The standard InChI is InChI=1S/C83H161NO5/c1-3-5-7-9-11-13-15-17-19-21-22-23-24-34-37-40-44-47-51-55-59-63-67-71-75-81(86)80(79-85)84-82(87)76-72-68-64-60-56-52-48-45-41-38-35-32-30-28-26-25-27-29-31-33-36-39-42-46-50-54-58-62-66-70-74-78-89-83(88)77-73-69-65-61-57-53-49-43-20-18-16-14-12-10-8-6-4-2/h27,29,71,75,80-81,85-86H,3-26,28,30-70,72-74,76-79H2,1-2H3,(H,84,87)/b29-27-,75-71+. The van der Waals surface area contributed by atoms with E-state index in [4.69, 9.17) is 4.74 Å². The van der Waals surface area contributed by atoms with E-state index < -0.39 is 12.1 Å². The number of aliphatic hydroxyl groups excluding tert-OH is 2. The van der Waals surface area contributed by atoms with Gasteiger partial charge in [-0.3, -0.25) is 9.59 Å². The molecule has 0 saturated heterocycles. The van der Waals surface area contributed by atoms with Crippen LogP contribution in [0.5, 0.6) is 0 Å². The van der Waals surface area contributed by atoms with Gasteiger partial charge in [0.15, 0.2) is 0 Å². The summed E-state index contributed by atoms with van der Waals surface area (Å²) in [6.07, 6.45) is 102. The predicted molar refractivity (Wildman–Crippen MR) is 393 cm³/mol. The van der Waals surface area contributed by atoms with Gasteiger partial charge in [-0.15, -0.1) is 0 Å². The summed E-state index contributed by atoms with van der Waals surface area (Å²) in [5.74, 6) is -0.0378. The van der Waals surface area contributed by atoms with Crippen molar-refractivity contribution in [2.24, 2.45) is 0 Å². The molecule has 0 radical (unpaired) electrons. The molecule has 6 nitrogen and oxygen atoms in total. The Labute approximate surface area is 558 Å². The second-order valence-corrected chi connectivity index (χ2v) is 28.5. The SMILES string of the molecule is CCCCCCCCCCCCCCCCCCCCCCCC/C=C/C(O)C(CO)NC(=O)CCCCCCCCCCCCCCCCC/C=C\CCCCCCCCCCCCCCOC(=O)CCCCCCCCCCCCCCCCCCC. The first-order chi connectivity index (χ1) is 44.0. The van der Waals surface area contributed by atoms with Crippen molar-refractivity contribution in [3.63, 3.8) is 0 Å². The van der Waals surface area contributed by atoms with E-state index in [2.05, 4.69) is 31.3 Å². The van der Waals surface area contributed by atoms with Crippen molar-refractivity contribution in [1.29, 1.82) is 0 Å². The Balaban J connectivity index is 3.37. The van der Waals surface area contributed by atoms with Crippen LogP contribution in [0.15, 0.2) is 24.3 Å². The van der Waals surface area contributed by atoms with E-state index in [-0.39, 0.29) is 18.5 Å². The van der Waals surface area contributed by atoms with Crippen LogP contribution in [0, 0.1) is 0 Å². The van der Waals surface area contributed by atoms with Crippen LogP contribution in [-0.2, 0) is 14.3 Å². The fourth-order valence-electron chi connectivity index (χ4n) is 13.2. The number of carbonyl (C=O) groups excluding carboxylic acids is 2. The zero-order valence-electron chi connectivity index (χ0n) is 60.7. The molecule has 0 heterocycles. The van der Waals surface area contributed by atoms with Crippen LogP contribution in [0.1, 0.15) is 470 Å². The molecule has 0 spiro atoms. The van der Waals surface area contributed by atoms with Crippen molar-refractivity contribution in [2.45, 2.75) is 482 Å². The minimum atomic E-state index is -0.845. The summed E-state index contributed by atoms with van der Waals surface area (Å²) >= 11 is 0. The lowest BCUT2D eigenvalue weighted by Gasteiger charge is -2.20. The second kappa shape index (κ2) is 78.8. The number of carbonyl (C=O) groups is 2. The van der Waals surface area contributed by atoms with E-state index in [9.17, 15) is 19.8 Å². The van der Waals surface area contributed by atoms with Gasteiger partial charge in [0.1, 0.15) is 0 Å². The van der Waals surface area contributed by atoms with E-state index in [0.29, 0.717) is 19.4 Å². The molecule has 6 heteroatoms. The average molecular weight is 1250 g/mol. The molecule has 0 aliphatic heterocycles. The number of hydrogen-bond acceptors (Lipinski definition) is 5. The first-order valence-corrected chi connectivity index (χ1v) is 41.1. The molecule has 2 atom stereocenters. The van der Waals surface area contributed by atoms with Crippen LogP contribution in [0.25, 0.3) is 0 Å². The number of unbranched alkanes of at least 4 members (excludes halogenated alkanes) is 65. The molecule has 528 valence electrons. The first-order valence-electron chi connectivity index (χ1n) is 41.1. The van der Waals surface area contributed by atoms with Gasteiger partial charge in [0.25, 0.3) is 0 Å². The third-order valence-corrected chi connectivity index (χ3v) is 19.5. The van der Waals surface area contributed by atoms with Crippen molar-refractivity contribution in [2.75, 3.05) is 13.2 Å². The molecule has 0 aromatic rings. The Morgan fingerprint density at radius 2 is 0.528 bits per heavy atom. The van der Waals surface area contributed by atoms with Gasteiger partial charge >= 0.3 is 5.97 Å². The van der Waals surface area contributed by atoms with E-state index in [1.807, 2.05) is 6.08 Å². The van der Waals surface area contributed by atoms with E-state index in [0.717, 1.165) is 38.5 Å². The van der Waals surface area contributed by atoms with Gasteiger partial charge in [0.2, 0.25) is 5.91 Å². The normalized spacial score (nSPS) is 12.5. The zero-order chi connectivity index (χ0) is 64.2. The topological polar surface area (TPSA) is 95.9 Å². The largest absolute Gasteiger partial charge is 0.466 e. The summed E-state index contributed by atoms with van der Waals surface area (Å²) in [4.78, 5) is 24.7. The highest BCUT2D eigenvalue weighted by molar-refractivity contribution is 5.76. The monoisotopic (exact) mass is 1250 g/mol. The maximum Gasteiger partial charge on any atom is 0.305 e. The lowest BCUT2D eigenvalue weighted by atomic mass is 10.0. The maximum atomic E-state index is 12.6. The van der Waals surface area contributed by atoms with Gasteiger partial charge in [-0.2, -0.15) is 0 Å². The smallest absolute Gasteiger partial charge is 0.305 e. The molecule has 1 amide bonds. The summed E-state index contributed by atoms with van der Waals surface area (Å²) in [6.45, 7) is 4.97. The van der Waals surface area contributed by atoms with Crippen LogP contribution in [0.3, 0.4) is 0 Å². The molecule has 0 aromatic heterocycles. The van der Waals surface area contributed by atoms with Crippen LogP contribution in [0.2, 0.25) is 0 Å². The van der Waals surface area contributed by atoms with Crippen LogP contribution < -0.4 is 5.32 Å². The molecular formula is C83H161NO5. The first kappa shape index (κ1) is 87.3. The molecule has 0 bridgehead atoms. The molecular weight excluding hydrogens is 1090 g/mol. The van der Waals surface area contributed by atoms with Gasteiger partial charge in [-0.25, -0.2) is 0 Å². The van der Waals surface area contributed by atoms with Crippen LogP contribution >= 0.6 is 0 Å². The highest BCUT2D eigenvalue weighted by atomic mass is 16.5. The third kappa shape index (κ3) is 75.3. The molecule has 0 aliphatic carbocycles. The van der Waals surface area contributed by atoms with Gasteiger partial charge < -0.3 is 20.3 Å². The summed E-state index contributed by atoms with van der Waals surface area (Å²) in [6, 6.07) is -0.628. The molecule has 0 fully saturated rings. The van der Waals surface area contributed by atoms with Crippen molar-refractivity contribution >= 4 is 11.9 Å². The Kier molecular flexibility index (Phi) is 77.3. The number of aliphatic hydroxyl groups is 2. The quantitative estimate of drug-likeness (QED) is 0.0320. The van der Waals surface area contributed by atoms with Gasteiger partial charge in [0, 0.05) is 12.8 Å². The third-order valence-electron chi connectivity index (χ3n) is 19.5. The number of hydrogen-bond donors (Lipinski definition) is 3. The molecule has 0 aromatic carbocycles. The summed E-state index contributed by atoms with van der Waals surface area (Å²) in [5.41, 5.74) is 0. The molecule has 0 aliphatic rings. The van der Waals surface area contributed by atoms with Crippen molar-refractivity contribution in [3.05, 3.63) is 24.3 Å². The molecule has 89 heavy (non-hydrogen) atoms. The fourth-order valence-corrected chi connectivity index (χ4v) is 13.2. The number of allylic oxidation sites excluding steroid dienone is 3. The summed E-state index contributed by atoms with van der Waals surface area (Å²) < 4.78 is 5.51. The van der Waals surface area contributed by atoms with Crippen molar-refractivity contribution < 1.29 is 24.5 Å². The number of nitrogens with one attached hydrogen (secondary N) is 1. The summed E-state index contributed by atoms with van der Waals surface area (Å²) in [7, 11) is 0. The number of esters is 1. The predicted octanol–water partition coefficient (Wildman–Crippen LogP) is 27.2. The second-order valence-electron chi connectivity index (χ2n) is 28.5. The number of amides is 1. The molecule has 0 saturated carbocycles. The van der Waals surface area contributed by atoms with E-state index >= 15 is 0 Å². The Hall–Kier alpha value is -1.66. The molecule has 3 N–H and O–H groups in total. The van der Waals surface area contributed by atoms with Gasteiger partial charge in [0.05, 0.1) is 25.4 Å². The minimum absolute atomic E-state index is 0.0225. The van der Waals surface area contributed by atoms with Crippen molar-refractivity contribution in [3.8, 4) is 0 Å². The summed E-state index contributed by atoms with van der Waals surface area (Å²) in [5, 5.41) is 23.3. The Bertz CT molecular complexity index is 1400. The van der Waals surface area contributed by atoms with Crippen LogP contribution in [-0.4, -0.2) is 47.4 Å². The number of rotatable bonds is 78. The maximum absolute atomic E-state index is 12.6.